The van der Waals surface area contributed by atoms with Gasteiger partial charge in [0, 0.05) is 35.8 Å². The predicted octanol–water partition coefficient (Wildman–Crippen LogP) is 6.29. The third kappa shape index (κ3) is 4.31. The molecule has 3 heterocycles. The van der Waals surface area contributed by atoms with Gasteiger partial charge in [-0.2, -0.15) is 0 Å². The second-order valence-corrected chi connectivity index (χ2v) is 11.9. The largest absolute Gasteiger partial charge is 0.277 e. The van der Waals surface area contributed by atoms with Gasteiger partial charge in [0.05, 0.1) is 26.0 Å². The van der Waals surface area contributed by atoms with Crippen molar-refractivity contribution >= 4 is 21.3 Å². The number of halogens is 4. The quantitative estimate of drug-likeness (QED) is 0.312. The van der Waals surface area contributed by atoms with E-state index in [1.807, 2.05) is 0 Å². The molecule has 1 fully saturated rings. The van der Waals surface area contributed by atoms with Crippen LogP contribution < -0.4 is 5.56 Å². The van der Waals surface area contributed by atoms with Crippen molar-refractivity contribution in [2.45, 2.75) is 37.0 Å². The molecule has 4 aromatic rings. The summed E-state index contributed by atoms with van der Waals surface area (Å²) in [6.07, 6.45) is 4.44. The van der Waals surface area contributed by atoms with Crippen LogP contribution in [0, 0.1) is 36.1 Å². The summed E-state index contributed by atoms with van der Waals surface area (Å²) in [5.74, 6) is -2.85. The Balaban J connectivity index is 1.63. The molecular formula is C27H22ClF3N4O2S. The second-order valence-electron chi connectivity index (χ2n) is 9.43. The van der Waals surface area contributed by atoms with Crippen LogP contribution in [0.1, 0.15) is 40.8 Å². The van der Waals surface area contributed by atoms with E-state index in [9.17, 15) is 13.4 Å². The summed E-state index contributed by atoms with van der Waals surface area (Å²) in [6.45, 7) is 3.17. The van der Waals surface area contributed by atoms with Crippen LogP contribution in [0.25, 0.3) is 16.9 Å². The molecule has 5 rings (SSSR count). The van der Waals surface area contributed by atoms with E-state index in [1.165, 1.54) is 42.7 Å². The molecule has 1 unspecified atom stereocenters. The molecule has 11 heteroatoms. The van der Waals surface area contributed by atoms with Crippen molar-refractivity contribution in [3.63, 3.8) is 0 Å². The van der Waals surface area contributed by atoms with Gasteiger partial charge in [0.1, 0.15) is 22.4 Å². The van der Waals surface area contributed by atoms with Crippen LogP contribution >= 0.6 is 11.6 Å². The molecule has 3 atom stereocenters. The zero-order chi connectivity index (χ0) is 27.5. The molecule has 0 saturated heterocycles. The maximum absolute atomic E-state index is 16.0. The fourth-order valence-corrected chi connectivity index (χ4v) is 5.88. The SMILES string of the molecule is Cc1cnc(-c2cccc([S@@](C)(=N)=O)c2F)c(F)c1-n1c(C)cc([C@@H]2CC2c2ncccc2F)c(Cl)c1=O. The van der Waals surface area contributed by atoms with E-state index in [0.29, 0.717) is 28.9 Å². The summed E-state index contributed by atoms with van der Waals surface area (Å²) in [5, 5.41) is -0.121. The predicted molar refractivity (Wildman–Crippen MR) is 139 cm³/mol. The fourth-order valence-electron chi connectivity index (χ4n) is 4.82. The van der Waals surface area contributed by atoms with Gasteiger partial charge in [-0.3, -0.25) is 19.3 Å². The van der Waals surface area contributed by atoms with E-state index in [0.717, 1.165) is 10.8 Å². The van der Waals surface area contributed by atoms with Gasteiger partial charge in [-0.15, -0.1) is 0 Å². The van der Waals surface area contributed by atoms with Crippen LogP contribution in [-0.4, -0.2) is 25.0 Å². The average Bonchev–Trinajstić information content (AvgIpc) is 3.64. The highest BCUT2D eigenvalue weighted by molar-refractivity contribution is 7.91. The number of nitrogens with one attached hydrogen (secondary N) is 1. The first-order valence-corrected chi connectivity index (χ1v) is 14.0. The first-order chi connectivity index (χ1) is 17.9. The molecular weight excluding hydrogens is 537 g/mol. The van der Waals surface area contributed by atoms with Crippen molar-refractivity contribution in [1.29, 1.82) is 4.78 Å². The Labute approximate surface area is 222 Å². The van der Waals surface area contributed by atoms with Crippen molar-refractivity contribution in [2.75, 3.05) is 6.26 Å². The molecule has 1 aliphatic carbocycles. The third-order valence-corrected chi connectivity index (χ3v) is 8.26. The van der Waals surface area contributed by atoms with Crippen LogP contribution in [0.5, 0.6) is 0 Å². The maximum atomic E-state index is 16.0. The molecule has 1 aromatic carbocycles. The van der Waals surface area contributed by atoms with E-state index in [1.54, 1.807) is 19.9 Å². The summed E-state index contributed by atoms with van der Waals surface area (Å²) in [6, 6.07) is 8.34. The smallest absolute Gasteiger partial charge is 0.274 e. The molecule has 38 heavy (non-hydrogen) atoms. The van der Waals surface area contributed by atoms with E-state index >= 15 is 8.78 Å². The lowest BCUT2D eigenvalue weighted by molar-refractivity contribution is 0.586. The molecule has 0 spiro atoms. The highest BCUT2D eigenvalue weighted by atomic mass is 35.5. The molecule has 0 bridgehead atoms. The number of aromatic nitrogens is 3. The molecule has 0 amide bonds. The lowest BCUT2D eigenvalue weighted by atomic mass is 10.1. The Morgan fingerprint density at radius 3 is 2.50 bits per heavy atom. The van der Waals surface area contributed by atoms with Crippen molar-refractivity contribution in [3.05, 3.63) is 104 Å². The summed E-state index contributed by atoms with van der Waals surface area (Å²) in [5.41, 5.74) is 0.00687. The van der Waals surface area contributed by atoms with Gasteiger partial charge in [-0.05, 0) is 67.6 Å². The summed E-state index contributed by atoms with van der Waals surface area (Å²) >= 11 is 6.51. The first-order valence-electron chi connectivity index (χ1n) is 11.6. The molecule has 196 valence electrons. The van der Waals surface area contributed by atoms with Crippen LogP contribution in [-0.2, 0) is 9.73 Å². The van der Waals surface area contributed by atoms with E-state index in [4.69, 9.17) is 16.4 Å². The molecule has 1 N–H and O–H groups in total. The molecule has 0 radical (unpaired) electrons. The molecule has 0 aliphatic heterocycles. The Hall–Kier alpha value is -3.50. The molecule has 1 saturated carbocycles. The zero-order valence-electron chi connectivity index (χ0n) is 20.6. The maximum Gasteiger partial charge on any atom is 0.274 e. The van der Waals surface area contributed by atoms with Crippen molar-refractivity contribution < 1.29 is 17.4 Å². The van der Waals surface area contributed by atoms with Gasteiger partial charge >= 0.3 is 0 Å². The number of pyridine rings is 3. The second kappa shape index (κ2) is 9.36. The average molecular weight is 559 g/mol. The summed E-state index contributed by atoms with van der Waals surface area (Å²) in [7, 11) is -3.43. The Morgan fingerprint density at radius 1 is 1.08 bits per heavy atom. The first kappa shape index (κ1) is 26.1. The Kier molecular flexibility index (Phi) is 6.43. The van der Waals surface area contributed by atoms with E-state index in [-0.39, 0.29) is 33.0 Å². The number of hydrogen-bond donors (Lipinski definition) is 1. The van der Waals surface area contributed by atoms with Gasteiger partial charge < -0.3 is 0 Å². The third-order valence-electron chi connectivity index (χ3n) is 6.73. The highest BCUT2D eigenvalue weighted by Gasteiger charge is 2.44. The minimum atomic E-state index is -3.43. The Bertz CT molecular complexity index is 1790. The van der Waals surface area contributed by atoms with Crippen molar-refractivity contribution in [1.82, 2.24) is 14.5 Å². The van der Waals surface area contributed by atoms with Crippen LogP contribution in [0.15, 0.2) is 58.5 Å². The number of benzene rings is 1. The lowest BCUT2D eigenvalue weighted by Crippen LogP contribution is -2.24. The van der Waals surface area contributed by atoms with Crippen LogP contribution in [0.4, 0.5) is 13.2 Å². The van der Waals surface area contributed by atoms with Gasteiger partial charge in [0.25, 0.3) is 5.56 Å². The van der Waals surface area contributed by atoms with E-state index in [2.05, 4.69) is 9.97 Å². The van der Waals surface area contributed by atoms with Crippen LogP contribution in [0.2, 0.25) is 5.02 Å². The van der Waals surface area contributed by atoms with E-state index < -0.39 is 38.4 Å². The highest BCUT2D eigenvalue weighted by Crippen LogP contribution is 2.55. The fraction of sp³-hybridized carbons (Fsp3) is 0.222. The number of aryl methyl sites for hydroxylation is 2. The minimum absolute atomic E-state index is 0.121. The standard InChI is InChI=1S/C27H22ClF3N4O2S/c1-13-12-34-25(15-6-4-8-20(22(15)30)38(3,32)37)23(31)26(13)35-14(2)10-17(21(28)27(35)36)16-11-18(16)24-19(29)7-5-9-33-24/h4-10,12,16,18,32H,11H2,1-3H3/t16-,18?,38-/m0/s1. The summed E-state index contributed by atoms with van der Waals surface area (Å²) < 4.78 is 66.5. The molecule has 1 aliphatic rings. The number of nitrogens with zero attached hydrogens (tertiary/aromatic N) is 3. The molecule has 3 aromatic heterocycles. The van der Waals surface area contributed by atoms with Crippen molar-refractivity contribution in [2.24, 2.45) is 0 Å². The summed E-state index contributed by atoms with van der Waals surface area (Å²) in [4.78, 5) is 21.3. The normalized spacial score (nSPS) is 18.3. The molecule has 6 nitrogen and oxygen atoms in total. The topological polar surface area (TPSA) is 88.7 Å². The Morgan fingerprint density at radius 2 is 1.82 bits per heavy atom. The van der Waals surface area contributed by atoms with Gasteiger partial charge in [0.15, 0.2) is 5.82 Å². The monoisotopic (exact) mass is 558 g/mol. The zero-order valence-corrected chi connectivity index (χ0v) is 22.1. The number of hydrogen-bond acceptors (Lipinski definition) is 5. The van der Waals surface area contributed by atoms with Gasteiger partial charge in [0.2, 0.25) is 0 Å². The number of rotatable bonds is 5. The lowest BCUT2D eigenvalue weighted by Gasteiger charge is -2.18. The van der Waals surface area contributed by atoms with Crippen LogP contribution in [0.3, 0.4) is 0 Å². The minimum Gasteiger partial charge on any atom is -0.277 e. The van der Waals surface area contributed by atoms with Gasteiger partial charge in [-0.25, -0.2) is 22.2 Å². The van der Waals surface area contributed by atoms with Crippen molar-refractivity contribution in [3.8, 4) is 16.9 Å². The van der Waals surface area contributed by atoms with Gasteiger partial charge in [-0.1, -0.05) is 17.7 Å².